The zero-order valence-electron chi connectivity index (χ0n) is 11.0. The molecule has 3 nitrogen and oxygen atoms in total. The van der Waals surface area contributed by atoms with E-state index in [-0.39, 0.29) is 11.9 Å². The largest absolute Gasteiger partial charge is 0.377 e. The van der Waals surface area contributed by atoms with Gasteiger partial charge in [-0.15, -0.1) is 0 Å². The molecule has 0 saturated carbocycles. The van der Waals surface area contributed by atoms with Crippen LogP contribution in [0.15, 0.2) is 30.3 Å². The van der Waals surface area contributed by atoms with Crippen molar-refractivity contribution in [3.8, 4) is 0 Å². The molecule has 1 heterocycles. The summed E-state index contributed by atoms with van der Waals surface area (Å²) in [5.41, 5.74) is 1.17. The van der Waals surface area contributed by atoms with E-state index in [9.17, 15) is 4.79 Å². The zero-order chi connectivity index (χ0) is 12.8. The molecule has 18 heavy (non-hydrogen) atoms. The third kappa shape index (κ3) is 3.10. The van der Waals surface area contributed by atoms with Gasteiger partial charge >= 0.3 is 0 Å². The number of amides is 1. The van der Waals surface area contributed by atoms with Gasteiger partial charge in [0.15, 0.2) is 0 Å². The van der Waals surface area contributed by atoms with Gasteiger partial charge in [0.05, 0.1) is 19.3 Å². The number of carbonyl (C=O) groups is 1. The van der Waals surface area contributed by atoms with Gasteiger partial charge in [0.1, 0.15) is 0 Å². The van der Waals surface area contributed by atoms with Gasteiger partial charge in [-0.1, -0.05) is 43.7 Å². The fourth-order valence-corrected chi connectivity index (χ4v) is 2.33. The molecule has 0 N–H and O–H groups in total. The molecule has 1 fully saturated rings. The van der Waals surface area contributed by atoms with E-state index in [1.807, 2.05) is 23.1 Å². The summed E-state index contributed by atoms with van der Waals surface area (Å²) in [5.74, 6) is 0.258. The molecule has 98 valence electrons. The summed E-state index contributed by atoms with van der Waals surface area (Å²) < 4.78 is 5.53. The molecule has 1 aromatic carbocycles. The molecule has 1 unspecified atom stereocenters. The minimum absolute atomic E-state index is 0.0873. The second-order valence-corrected chi connectivity index (χ2v) is 4.69. The standard InChI is InChI=1S/C15H21NO2/c1-2-3-9-15(17)16-10-11-18-12-14(16)13-7-5-4-6-8-13/h4-8,14H,2-3,9-12H2,1H3. The van der Waals surface area contributed by atoms with E-state index in [4.69, 9.17) is 4.74 Å². The molecule has 1 saturated heterocycles. The first-order valence-corrected chi connectivity index (χ1v) is 6.75. The highest BCUT2D eigenvalue weighted by Gasteiger charge is 2.27. The molecule has 1 atom stereocenters. The minimum Gasteiger partial charge on any atom is -0.377 e. The van der Waals surface area contributed by atoms with E-state index >= 15 is 0 Å². The number of unbranched alkanes of at least 4 members (excludes halogenated alkanes) is 1. The fourth-order valence-electron chi connectivity index (χ4n) is 2.33. The van der Waals surface area contributed by atoms with E-state index in [0.29, 0.717) is 26.2 Å². The lowest BCUT2D eigenvalue weighted by Crippen LogP contribution is -2.43. The quantitative estimate of drug-likeness (QED) is 0.818. The van der Waals surface area contributed by atoms with E-state index in [2.05, 4.69) is 19.1 Å². The summed E-state index contributed by atoms with van der Waals surface area (Å²) in [4.78, 5) is 14.2. The Morgan fingerprint density at radius 1 is 1.39 bits per heavy atom. The minimum atomic E-state index is 0.0873. The molecule has 1 aliphatic heterocycles. The molecule has 3 heteroatoms. The van der Waals surface area contributed by atoms with Crippen LogP contribution in [0.4, 0.5) is 0 Å². The number of nitrogens with zero attached hydrogens (tertiary/aromatic N) is 1. The number of hydrogen-bond donors (Lipinski definition) is 0. The normalized spacial score (nSPS) is 19.8. The first kappa shape index (κ1) is 13.1. The highest BCUT2D eigenvalue weighted by atomic mass is 16.5. The van der Waals surface area contributed by atoms with Crippen molar-refractivity contribution < 1.29 is 9.53 Å². The number of rotatable bonds is 4. The maximum absolute atomic E-state index is 12.2. The number of morpholine rings is 1. The van der Waals surface area contributed by atoms with Crippen molar-refractivity contribution in [3.05, 3.63) is 35.9 Å². The summed E-state index contributed by atoms with van der Waals surface area (Å²) in [6.45, 7) is 4.09. The van der Waals surface area contributed by atoms with Crippen LogP contribution in [0, 0.1) is 0 Å². The molecule has 1 aromatic rings. The van der Waals surface area contributed by atoms with Crippen LogP contribution in [0.5, 0.6) is 0 Å². The lowest BCUT2D eigenvalue weighted by Gasteiger charge is -2.36. The lowest BCUT2D eigenvalue weighted by atomic mass is 10.0. The Bertz CT molecular complexity index is 377. The van der Waals surface area contributed by atoms with Crippen LogP contribution in [0.1, 0.15) is 37.8 Å². The summed E-state index contributed by atoms with van der Waals surface area (Å²) in [6, 6.07) is 10.2. The van der Waals surface area contributed by atoms with Crippen LogP contribution in [0.25, 0.3) is 0 Å². The van der Waals surface area contributed by atoms with Gasteiger partial charge in [-0.25, -0.2) is 0 Å². The van der Waals surface area contributed by atoms with Crippen LogP contribution in [0.3, 0.4) is 0 Å². The predicted molar refractivity (Wildman–Crippen MR) is 71.2 cm³/mol. The molecule has 0 bridgehead atoms. The van der Waals surface area contributed by atoms with Gasteiger partial charge in [0, 0.05) is 13.0 Å². The SMILES string of the molecule is CCCCC(=O)N1CCOCC1c1ccccc1. The average Bonchev–Trinajstić information content (AvgIpc) is 2.45. The van der Waals surface area contributed by atoms with E-state index in [1.165, 1.54) is 5.56 Å². The molecule has 0 spiro atoms. The Balaban J connectivity index is 2.09. The maximum Gasteiger partial charge on any atom is 0.223 e. The first-order chi connectivity index (χ1) is 8.83. The van der Waals surface area contributed by atoms with Crippen molar-refractivity contribution >= 4 is 5.91 Å². The van der Waals surface area contributed by atoms with Crippen LogP contribution >= 0.6 is 0 Å². The topological polar surface area (TPSA) is 29.5 Å². The summed E-state index contributed by atoms with van der Waals surface area (Å²) in [5, 5.41) is 0. The van der Waals surface area contributed by atoms with Crippen molar-refractivity contribution in [3.63, 3.8) is 0 Å². The summed E-state index contributed by atoms with van der Waals surface area (Å²) in [6.07, 6.45) is 2.68. The Labute approximate surface area is 109 Å². The predicted octanol–water partition coefficient (Wildman–Crippen LogP) is 2.78. The van der Waals surface area contributed by atoms with Crippen LogP contribution in [-0.4, -0.2) is 30.6 Å². The maximum atomic E-state index is 12.2. The number of hydrogen-bond acceptors (Lipinski definition) is 2. The summed E-state index contributed by atoms with van der Waals surface area (Å²) in [7, 11) is 0. The average molecular weight is 247 g/mol. The lowest BCUT2D eigenvalue weighted by molar-refractivity contribution is -0.140. The van der Waals surface area contributed by atoms with E-state index in [1.54, 1.807) is 0 Å². The molecule has 0 aromatic heterocycles. The smallest absolute Gasteiger partial charge is 0.223 e. The number of ether oxygens (including phenoxy) is 1. The Kier molecular flexibility index (Phi) is 4.76. The van der Waals surface area contributed by atoms with Crippen molar-refractivity contribution in [1.82, 2.24) is 4.90 Å². The van der Waals surface area contributed by atoms with Crippen molar-refractivity contribution in [2.45, 2.75) is 32.2 Å². The van der Waals surface area contributed by atoms with Gasteiger partial charge in [-0.05, 0) is 12.0 Å². The Hall–Kier alpha value is -1.35. The number of benzene rings is 1. The third-order valence-electron chi connectivity index (χ3n) is 3.38. The molecule has 0 aliphatic carbocycles. The fraction of sp³-hybridized carbons (Fsp3) is 0.533. The molecular formula is C15H21NO2. The highest BCUT2D eigenvalue weighted by Crippen LogP contribution is 2.24. The third-order valence-corrected chi connectivity index (χ3v) is 3.38. The van der Waals surface area contributed by atoms with Crippen LogP contribution in [0.2, 0.25) is 0 Å². The van der Waals surface area contributed by atoms with Gasteiger partial charge in [0.25, 0.3) is 0 Å². The molecule has 1 aliphatic rings. The Morgan fingerprint density at radius 2 is 2.17 bits per heavy atom. The monoisotopic (exact) mass is 247 g/mol. The molecule has 2 rings (SSSR count). The van der Waals surface area contributed by atoms with Crippen molar-refractivity contribution in [2.24, 2.45) is 0 Å². The van der Waals surface area contributed by atoms with Crippen LogP contribution < -0.4 is 0 Å². The number of carbonyl (C=O) groups excluding carboxylic acids is 1. The van der Waals surface area contributed by atoms with Crippen molar-refractivity contribution in [1.29, 1.82) is 0 Å². The Morgan fingerprint density at radius 3 is 2.89 bits per heavy atom. The van der Waals surface area contributed by atoms with Crippen LogP contribution in [-0.2, 0) is 9.53 Å². The van der Waals surface area contributed by atoms with E-state index in [0.717, 1.165) is 12.8 Å². The van der Waals surface area contributed by atoms with Gasteiger partial charge in [-0.3, -0.25) is 4.79 Å². The molecule has 0 radical (unpaired) electrons. The molecular weight excluding hydrogens is 226 g/mol. The summed E-state index contributed by atoms with van der Waals surface area (Å²) >= 11 is 0. The second kappa shape index (κ2) is 6.55. The highest BCUT2D eigenvalue weighted by molar-refractivity contribution is 5.76. The van der Waals surface area contributed by atoms with Gasteiger partial charge < -0.3 is 9.64 Å². The zero-order valence-corrected chi connectivity index (χ0v) is 11.0. The van der Waals surface area contributed by atoms with E-state index < -0.39 is 0 Å². The second-order valence-electron chi connectivity index (χ2n) is 4.69. The van der Waals surface area contributed by atoms with Gasteiger partial charge in [-0.2, -0.15) is 0 Å². The van der Waals surface area contributed by atoms with Gasteiger partial charge in [0.2, 0.25) is 5.91 Å². The first-order valence-electron chi connectivity index (χ1n) is 6.75. The van der Waals surface area contributed by atoms with Crippen molar-refractivity contribution in [2.75, 3.05) is 19.8 Å². The molecule has 1 amide bonds.